The molecule has 0 atom stereocenters. The van der Waals surface area contributed by atoms with Crippen molar-refractivity contribution in [1.29, 1.82) is 0 Å². The Labute approximate surface area is 135 Å². The van der Waals surface area contributed by atoms with Crippen LogP contribution in [0.5, 0.6) is 5.75 Å². The van der Waals surface area contributed by atoms with E-state index >= 15 is 0 Å². The third-order valence-electron chi connectivity index (χ3n) is 2.64. The summed E-state index contributed by atoms with van der Waals surface area (Å²) in [5, 5.41) is 14.3. The van der Waals surface area contributed by atoms with Gasteiger partial charge in [0.15, 0.2) is 0 Å². The molecule has 1 heterocycles. The fraction of sp³-hybridized carbons (Fsp3) is 0.214. The molecule has 0 aliphatic rings. The standard InChI is InChI=1S/C14H16N2O.2ClH.Ti/c1-11(2)13-7-5-6-12(14(13)17)10-15-16-8-3-4-9-16;;;/h3-11,17H,1-2H3;2*1H;/q;;;+2/p-2/b15-10+;;;. The zero-order valence-corrected chi connectivity index (χ0v) is 14.4. The number of phenolic OH excluding ortho intramolecular Hbond substituents is 1. The van der Waals surface area contributed by atoms with Gasteiger partial charge < -0.3 is 5.11 Å². The van der Waals surface area contributed by atoms with E-state index in [-0.39, 0.29) is 0 Å². The second kappa shape index (κ2) is 9.25. The fourth-order valence-electron chi connectivity index (χ4n) is 1.68. The van der Waals surface area contributed by atoms with Gasteiger partial charge in [-0.05, 0) is 29.7 Å². The molecule has 20 heavy (non-hydrogen) atoms. The van der Waals surface area contributed by atoms with Gasteiger partial charge in [0, 0.05) is 18.0 Å². The maximum atomic E-state index is 10.1. The summed E-state index contributed by atoms with van der Waals surface area (Å²) in [7, 11) is 9.78. The molecule has 0 spiro atoms. The molecule has 2 aromatic rings. The molecule has 0 aliphatic heterocycles. The third-order valence-corrected chi connectivity index (χ3v) is 2.64. The molecule has 2 rings (SSSR count). The molecule has 1 N–H and O–H groups in total. The van der Waals surface area contributed by atoms with Crippen LogP contribution in [0, 0.1) is 0 Å². The first-order valence-corrected chi connectivity index (χ1v) is 10.3. The molecular weight excluding hydrogens is 331 g/mol. The normalized spacial score (nSPS) is 10.4. The van der Waals surface area contributed by atoms with Crippen molar-refractivity contribution >= 4 is 24.8 Å². The van der Waals surface area contributed by atoms with Crippen molar-refractivity contribution in [3.63, 3.8) is 0 Å². The van der Waals surface area contributed by atoms with Gasteiger partial charge in [-0.2, -0.15) is 5.10 Å². The van der Waals surface area contributed by atoms with Crippen LogP contribution in [-0.4, -0.2) is 16.0 Å². The predicted molar refractivity (Wildman–Crippen MR) is 81.3 cm³/mol. The average Bonchev–Trinajstić information content (AvgIpc) is 2.91. The SMILES string of the molecule is CC(C)c1cccc(/C=N/n2cccc2)c1O.[Cl][Ti][Cl]. The van der Waals surface area contributed by atoms with Gasteiger partial charge in [0.2, 0.25) is 0 Å². The van der Waals surface area contributed by atoms with Crippen molar-refractivity contribution in [1.82, 2.24) is 4.68 Å². The number of para-hydroxylation sites is 1. The number of rotatable bonds is 3. The van der Waals surface area contributed by atoms with Crippen LogP contribution in [0.1, 0.15) is 30.9 Å². The van der Waals surface area contributed by atoms with Gasteiger partial charge >= 0.3 is 35.6 Å². The van der Waals surface area contributed by atoms with Crippen molar-refractivity contribution < 1.29 is 22.1 Å². The zero-order chi connectivity index (χ0) is 15.0. The summed E-state index contributed by atoms with van der Waals surface area (Å²) in [4.78, 5) is 0. The number of hydrogen-bond acceptors (Lipinski definition) is 2. The molecule has 0 saturated carbocycles. The quantitative estimate of drug-likeness (QED) is 0.641. The van der Waals surface area contributed by atoms with Gasteiger partial charge in [0.25, 0.3) is 0 Å². The van der Waals surface area contributed by atoms with Crippen LogP contribution in [0.25, 0.3) is 0 Å². The Kier molecular flexibility index (Phi) is 8.01. The van der Waals surface area contributed by atoms with Crippen LogP contribution in [0.3, 0.4) is 0 Å². The van der Waals surface area contributed by atoms with Crippen LogP contribution in [0.2, 0.25) is 0 Å². The topological polar surface area (TPSA) is 37.5 Å². The zero-order valence-electron chi connectivity index (χ0n) is 11.3. The second-order valence-electron chi connectivity index (χ2n) is 4.32. The summed E-state index contributed by atoms with van der Waals surface area (Å²) in [5.41, 5.74) is 1.69. The van der Waals surface area contributed by atoms with Crippen molar-refractivity contribution in [2.45, 2.75) is 19.8 Å². The van der Waals surface area contributed by atoms with E-state index in [1.54, 1.807) is 10.9 Å². The number of aromatic nitrogens is 1. The summed E-state index contributed by atoms with van der Waals surface area (Å²) in [6.07, 6.45) is 5.36. The first kappa shape index (κ1) is 17.3. The summed E-state index contributed by atoms with van der Waals surface area (Å²) >= 11 is -0.556. The van der Waals surface area contributed by atoms with Crippen molar-refractivity contribution in [2.75, 3.05) is 0 Å². The summed E-state index contributed by atoms with van der Waals surface area (Å²) in [5.74, 6) is 0.619. The predicted octanol–water partition coefficient (Wildman–Crippen LogP) is 4.58. The Balaban J connectivity index is 0.000000612. The molecule has 0 radical (unpaired) electrons. The number of hydrogen-bond donors (Lipinski definition) is 1. The van der Waals surface area contributed by atoms with Crippen LogP contribution in [0.4, 0.5) is 0 Å². The van der Waals surface area contributed by atoms with Gasteiger partial charge in [-0.25, -0.2) is 4.68 Å². The first-order valence-electron chi connectivity index (χ1n) is 6.05. The molecule has 0 unspecified atom stereocenters. The van der Waals surface area contributed by atoms with Crippen molar-refractivity contribution in [3.05, 3.63) is 53.9 Å². The monoisotopic (exact) mass is 346 g/mol. The molecule has 106 valence electrons. The minimum absolute atomic E-state index is 0.301. The van der Waals surface area contributed by atoms with Crippen LogP contribution < -0.4 is 0 Å². The summed E-state index contributed by atoms with van der Waals surface area (Å²) in [6.45, 7) is 4.11. The Hall–Kier alpha value is -0.736. The molecule has 1 aromatic heterocycles. The summed E-state index contributed by atoms with van der Waals surface area (Å²) in [6, 6.07) is 9.54. The van der Waals surface area contributed by atoms with E-state index in [2.05, 4.69) is 18.9 Å². The van der Waals surface area contributed by atoms with E-state index < -0.39 is 17.0 Å². The van der Waals surface area contributed by atoms with Crippen LogP contribution in [0.15, 0.2) is 47.8 Å². The van der Waals surface area contributed by atoms with E-state index in [0.29, 0.717) is 11.7 Å². The Bertz CT molecular complexity index is 542. The van der Waals surface area contributed by atoms with E-state index in [1.165, 1.54) is 0 Å². The molecule has 0 aliphatic carbocycles. The molecule has 3 nitrogen and oxygen atoms in total. The Morgan fingerprint density at radius 3 is 2.35 bits per heavy atom. The molecule has 0 bridgehead atoms. The number of aromatic hydroxyl groups is 1. The minimum atomic E-state index is -0.556. The summed E-state index contributed by atoms with van der Waals surface area (Å²) < 4.78 is 1.70. The van der Waals surface area contributed by atoms with Gasteiger partial charge in [0.05, 0.1) is 6.21 Å². The van der Waals surface area contributed by atoms with Gasteiger partial charge in [0.1, 0.15) is 5.75 Å². The van der Waals surface area contributed by atoms with Crippen LogP contribution >= 0.6 is 18.6 Å². The Morgan fingerprint density at radius 2 is 1.80 bits per heavy atom. The van der Waals surface area contributed by atoms with E-state index in [4.69, 9.17) is 18.6 Å². The van der Waals surface area contributed by atoms with Crippen LogP contribution in [-0.2, 0) is 17.0 Å². The number of phenols is 1. The number of nitrogens with zero attached hydrogens (tertiary/aromatic N) is 2. The molecule has 1 aromatic carbocycles. The first-order chi connectivity index (χ1) is 9.60. The molecule has 6 heteroatoms. The molecular formula is C14H16Cl2N2OTi. The third kappa shape index (κ3) is 5.33. The van der Waals surface area contributed by atoms with Crippen molar-refractivity contribution in [2.24, 2.45) is 5.10 Å². The van der Waals surface area contributed by atoms with E-state index in [9.17, 15) is 5.11 Å². The number of halogens is 2. The molecule has 0 saturated heterocycles. The second-order valence-corrected chi connectivity index (χ2v) is 6.90. The fourth-order valence-corrected chi connectivity index (χ4v) is 1.68. The van der Waals surface area contributed by atoms with E-state index in [1.807, 2.05) is 42.7 Å². The maximum absolute atomic E-state index is 10.1. The van der Waals surface area contributed by atoms with Gasteiger partial charge in [-0.15, -0.1) is 0 Å². The van der Waals surface area contributed by atoms with Gasteiger partial charge in [-0.3, -0.25) is 0 Å². The van der Waals surface area contributed by atoms with Crippen molar-refractivity contribution in [3.8, 4) is 5.75 Å². The van der Waals surface area contributed by atoms with E-state index in [0.717, 1.165) is 11.1 Å². The van der Waals surface area contributed by atoms with Gasteiger partial charge in [-0.1, -0.05) is 26.0 Å². The average molecular weight is 347 g/mol. The Morgan fingerprint density at radius 1 is 1.20 bits per heavy atom. The molecule has 0 fully saturated rings. The molecule has 0 amide bonds. The number of benzene rings is 1.